The summed E-state index contributed by atoms with van der Waals surface area (Å²) in [7, 11) is 0. The smallest absolute Gasteiger partial charge is 0.236 e. The highest BCUT2D eigenvalue weighted by molar-refractivity contribution is 5.78. The molecule has 0 aromatic heterocycles. The maximum absolute atomic E-state index is 11.9. The van der Waals surface area contributed by atoms with Gasteiger partial charge in [0.05, 0.1) is 19.8 Å². The van der Waals surface area contributed by atoms with Gasteiger partial charge in [-0.3, -0.25) is 4.79 Å². The molecule has 0 bridgehead atoms. The third kappa shape index (κ3) is 5.33. The number of nitrogens with one attached hydrogen (secondary N) is 1. The average molecular weight is 257 g/mol. The zero-order valence-corrected chi connectivity index (χ0v) is 11.9. The van der Waals surface area contributed by atoms with Gasteiger partial charge in [-0.1, -0.05) is 13.8 Å². The number of carbonyl (C=O) groups is 1. The quantitative estimate of drug-likeness (QED) is 0.706. The highest BCUT2D eigenvalue weighted by Crippen LogP contribution is 1.97. The van der Waals surface area contributed by atoms with E-state index in [9.17, 15) is 4.79 Å². The second-order valence-corrected chi connectivity index (χ2v) is 4.76. The van der Waals surface area contributed by atoms with Gasteiger partial charge in [-0.05, 0) is 20.0 Å². The van der Waals surface area contributed by atoms with Gasteiger partial charge in [0.1, 0.15) is 0 Å². The summed E-state index contributed by atoms with van der Waals surface area (Å²) in [4.78, 5) is 16.2. The van der Waals surface area contributed by atoms with Crippen molar-refractivity contribution in [3.63, 3.8) is 0 Å². The molecule has 1 saturated heterocycles. The summed E-state index contributed by atoms with van der Waals surface area (Å²) in [6.07, 6.45) is 0. The molecule has 1 atom stereocenters. The molecule has 106 valence electrons. The van der Waals surface area contributed by atoms with Crippen LogP contribution in [0.15, 0.2) is 0 Å². The third-order valence-electron chi connectivity index (χ3n) is 3.39. The van der Waals surface area contributed by atoms with Crippen LogP contribution in [0.2, 0.25) is 0 Å². The molecule has 18 heavy (non-hydrogen) atoms. The standard InChI is InChI=1S/C13H27N3O2/c1-4-15(5-2)11-12(3)14-10-13(17)16-6-8-18-9-7-16/h12,14H,4-11H2,1-3H3. The molecule has 0 radical (unpaired) electrons. The van der Waals surface area contributed by atoms with E-state index in [1.807, 2.05) is 4.90 Å². The predicted octanol–water partition coefficient (Wildman–Crippen LogP) is 0.165. The Morgan fingerprint density at radius 3 is 2.50 bits per heavy atom. The van der Waals surface area contributed by atoms with E-state index in [1.54, 1.807) is 0 Å². The van der Waals surface area contributed by atoms with Gasteiger partial charge in [0.25, 0.3) is 0 Å². The molecule has 1 N–H and O–H groups in total. The highest BCUT2D eigenvalue weighted by Gasteiger charge is 2.17. The van der Waals surface area contributed by atoms with Crippen molar-refractivity contribution in [3.05, 3.63) is 0 Å². The third-order valence-corrected chi connectivity index (χ3v) is 3.39. The number of nitrogens with zero attached hydrogens (tertiary/aromatic N) is 2. The molecule has 1 unspecified atom stereocenters. The largest absolute Gasteiger partial charge is 0.378 e. The minimum atomic E-state index is 0.185. The van der Waals surface area contributed by atoms with Crippen molar-refractivity contribution >= 4 is 5.91 Å². The van der Waals surface area contributed by atoms with Crippen LogP contribution in [-0.2, 0) is 9.53 Å². The van der Waals surface area contributed by atoms with Gasteiger partial charge in [0.2, 0.25) is 5.91 Å². The van der Waals surface area contributed by atoms with Gasteiger partial charge in [0.15, 0.2) is 0 Å². The van der Waals surface area contributed by atoms with E-state index in [-0.39, 0.29) is 5.91 Å². The maximum Gasteiger partial charge on any atom is 0.236 e. The van der Waals surface area contributed by atoms with Crippen LogP contribution in [0.25, 0.3) is 0 Å². The lowest BCUT2D eigenvalue weighted by molar-refractivity contribution is -0.134. The second-order valence-electron chi connectivity index (χ2n) is 4.76. The van der Waals surface area contributed by atoms with Crippen molar-refractivity contribution in [2.75, 3.05) is 52.5 Å². The first-order chi connectivity index (χ1) is 8.67. The van der Waals surface area contributed by atoms with Crippen LogP contribution < -0.4 is 5.32 Å². The van der Waals surface area contributed by atoms with E-state index in [4.69, 9.17) is 4.74 Å². The average Bonchev–Trinajstić information content (AvgIpc) is 2.43. The molecule has 1 aliphatic heterocycles. The summed E-state index contributed by atoms with van der Waals surface area (Å²) >= 11 is 0. The number of amides is 1. The van der Waals surface area contributed by atoms with Gasteiger partial charge in [-0.2, -0.15) is 0 Å². The lowest BCUT2D eigenvalue weighted by atomic mass is 10.3. The Balaban J connectivity index is 2.20. The molecule has 1 aliphatic rings. The first kappa shape index (κ1) is 15.4. The number of carbonyl (C=O) groups excluding carboxylic acids is 1. The topological polar surface area (TPSA) is 44.8 Å². The number of hydrogen-bond acceptors (Lipinski definition) is 4. The minimum absolute atomic E-state index is 0.185. The van der Waals surface area contributed by atoms with Gasteiger partial charge in [-0.25, -0.2) is 0 Å². The summed E-state index contributed by atoms with van der Waals surface area (Å²) in [5, 5.41) is 3.31. The van der Waals surface area contributed by atoms with Crippen LogP contribution in [0.5, 0.6) is 0 Å². The monoisotopic (exact) mass is 257 g/mol. The molecule has 5 heteroatoms. The van der Waals surface area contributed by atoms with Gasteiger partial charge >= 0.3 is 0 Å². The van der Waals surface area contributed by atoms with Gasteiger partial charge in [-0.15, -0.1) is 0 Å². The molecule has 0 saturated carbocycles. The Labute approximate surface area is 110 Å². The predicted molar refractivity (Wildman–Crippen MR) is 72.7 cm³/mol. The normalized spacial score (nSPS) is 18.1. The first-order valence-corrected chi connectivity index (χ1v) is 6.98. The van der Waals surface area contributed by atoms with E-state index < -0.39 is 0 Å². The van der Waals surface area contributed by atoms with E-state index in [0.29, 0.717) is 25.8 Å². The Hall–Kier alpha value is -0.650. The van der Waals surface area contributed by atoms with Gasteiger partial charge in [0, 0.05) is 25.7 Å². The van der Waals surface area contributed by atoms with Crippen molar-refractivity contribution in [2.45, 2.75) is 26.8 Å². The molecule has 0 aromatic carbocycles. The number of rotatable bonds is 7. The summed E-state index contributed by atoms with van der Waals surface area (Å²) in [6, 6.07) is 0.342. The molecular formula is C13H27N3O2. The fraction of sp³-hybridized carbons (Fsp3) is 0.923. The van der Waals surface area contributed by atoms with E-state index >= 15 is 0 Å². The minimum Gasteiger partial charge on any atom is -0.378 e. The van der Waals surface area contributed by atoms with Crippen molar-refractivity contribution in [3.8, 4) is 0 Å². The SMILES string of the molecule is CCN(CC)CC(C)NCC(=O)N1CCOCC1. The number of ether oxygens (including phenoxy) is 1. The molecule has 0 aliphatic carbocycles. The summed E-state index contributed by atoms with van der Waals surface area (Å²) < 4.78 is 5.24. The molecule has 1 fully saturated rings. The fourth-order valence-electron chi connectivity index (χ4n) is 2.12. The van der Waals surface area contributed by atoms with Crippen LogP contribution in [0.3, 0.4) is 0 Å². The summed E-state index contributed by atoms with van der Waals surface area (Å²) in [6.45, 7) is 12.8. The van der Waals surface area contributed by atoms with Crippen LogP contribution >= 0.6 is 0 Å². The van der Waals surface area contributed by atoms with Crippen molar-refractivity contribution in [1.29, 1.82) is 0 Å². The molecular weight excluding hydrogens is 230 g/mol. The summed E-state index contributed by atoms with van der Waals surface area (Å²) in [5.74, 6) is 0.185. The van der Waals surface area contributed by atoms with Gasteiger partial charge < -0.3 is 19.9 Å². The zero-order chi connectivity index (χ0) is 13.4. The maximum atomic E-state index is 11.9. The Morgan fingerprint density at radius 1 is 1.33 bits per heavy atom. The second kappa shape index (κ2) is 8.45. The molecule has 5 nitrogen and oxygen atoms in total. The Bertz CT molecular complexity index is 238. The molecule has 1 amide bonds. The number of likely N-dealkylation sites (N-methyl/N-ethyl adjacent to an activating group) is 1. The molecule has 1 heterocycles. The van der Waals surface area contributed by atoms with Crippen molar-refractivity contribution < 1.29 is 9.53 Å². The highest BCUT2D eigenvalue weighted by atomic mass is 16.5. The van der Waals surface area contributed by atoms with Crippen LogP contribution in [0.1, 0.15) is 20.8 Å². The molecule has 1 rings (SSSR count). The van der Waals surface area contributed by atoms with Crippen molar-refractivity contribution in [2.24, 2.45) is 0 Å². The van der Waals surface area contributed by atoms with Crippen LogP contribution in [0, 0.1) is 0 Å². The fourth-order valence-corrected chi connectivity index (χ4v) is 2.12. The summed E-state index contributed by atoms with van der Waals surface area (Å²) in [5.41, 5.74) is 0. The lowest BCUT2D eigenvalue weighted by Crippen LogP contribution is -2.47. The van der Waals surface area contributed by atoms with Crippen molar-refractivity contribution in [1.82, 2.24) is 15.1 Å². The van der Waals surface area contributed by atoms with E-state index in [0.717, 1.165) is 32.7 Å². The lowest BCUT2D eigenvalue weighted by Gasteiger charge is -2.28. The van der Waals surface area contributed by atoms with E-state index in [1.165, 1.54) is 0 Å². The number of morpholine rings is 1. The molecule has 0 aromatic rings. The van der Waals surface area contributed by atoms with E-state index in [2.05, 4.69) is 31.0 Å². The first-order valence-electron chi connectivity index (χ1n) is 6.98. The molecule has 0 spiro atoms. The number of hydrogen-bond donors (Lipinski definition) is 1. The Kier molecular flexibility index (Phi) is 7.23. The Morgan fingerprint density at radius 2 is 1.94 bits per heavy atom. The van der Waals surface area contributed by atoms with Crippen LogP contribution in [0.4, 0.5) is 0 Å². The van der Waals surface area contributed by atoms with Crippen LogP contribution in [-0.4, -0.2) is 74.2 Å². The zero-order valence-electron chi connectivity index (χ0n) is 11.9.